The van der Waals surface area contributed by atoms with Crippen molar-refractivity contribution in [1.29, 1.82) is 0 Å². The lowest BCUT2D eigenvalue weighted by molar-refractivity contribution is 0.102. The highest BCUT2D eigenvalue weighted by molar-refractivity contribution is 6.33. The molecule has 17 heavy (non-hydrogen) atoms. The Kier molecular flexibility index (Phi) is 3.15. The molecule has 0 aliphatic heterocycles. The van der Waals surface area contributed by atoms with E-state index in [0.29, 0.717) is 5.02 Å². The van der Waals surface area contributed by atoms with Gasteiger partial charge >= 0.3 is 0 Å². The molecule has 0 unspecified atom stereocenters. The predicted octanol–water partition coefficient (Wildman–Crippen LogP) is 1.07. The van der Waals surface area contributed by atoms with Crippen molar-refractivity contribution in [1.82, 2.24) is 15.0 Å². The SMILES string of the molecule is O=C(Nc1ncccc1Cl)c1c[nH]c(=O)cn1. The van der Waals surface area contributed by atoms with Crippen molar-refractivity contribution in [2.45, 2.75) is 0 Å². The third-order valence-electron chi connectivity index (χ3n) is 1.90. The number of pyridine rings is 1. The van der Waals surface area contributed by atoms with Crippen molar-refractivity contribution < 1.29 is 4.79 Å². The Morgan fingerprint density at radius 3 is 2.88 bits per heavy atom. The van der Waals surface area contributed by atoms with E-state index in [0.717, 1.165) is 6.20 Å². The van der Waals surface area contributed by atoms with E-state index >= 15 is 0 Å². The minimum Gasteiger partial charge on any atom is -0.325 e. The first-order valence-corrected chi connectivity index (χ1v) is 5.01. The smallest absolute Gasteiger partial charge is 0.276 e. The molecule has 0 saturated heterocycles. The van der Waals surface area contributed by atoms with Gasteiger partial charge in [-0.1, -0.05) is 11.6 Å². The number of carbonyl (C=O) groups is 1. The molecule has 1 amide bonds. The first-order chi connectivity index (χ1) is 8.16. The molecule has 6 nitrogen and oxygen atoms in total. The van der Waals surface area contributed by atoms with Gasteiger partial charge in [0.05, 0.1) is 11.2 Å². The molecule has 0 aliphatic carbocycles. The summed E-state index contributed by atoms with van der Waals surface area (Å²) in [6.07, 6.45) is 3.74. The van der Waals surface area contributed by atoms with E-state index in [4.69, 9.17) is 11.6 Å². The summed E-state index contributed by atoms with van der Waals surface area (Å²) < 4.78 is 0. The normalized spacial score (nSPS) is 9.94. The lowest BCUT2D eigenvalue weighted by Crippen LogP contribution is -2.17. The van der Waals surface area contributed by atoms with E-state index in [-0.39, 0.29) is 17.1 Å². The zero-order valence-electron chi connectivity index (χ0n) is 8.48. The van der Waals surface area contributed by atoms with Crippen molar-refractivity contribution in [3.63, 3.8) is 0 Å². The first kappa shape index (κ1) is 11.3. The molecule has 2 heterocycles. The number of hydrogen-bond donors (Lipinski definition) is 2. The third-order valence-corrected chi connectivity index (χ3v) is 2.20. The Balaban J connectivity index is 2.20. The first-order valence-electron chi connectivity index (χ1n) is 4.63. The van der Waals surface area contributed by atoms with Crippen LogP contribution in [0.2, 0.25) is 5.02 Å². The number of aromatic nitrogens is 3. The van der Waals surface area contributed by atoms with Gasteiger partial charge in [0, 0.05) is 12.4 Å². The number of H-pyrrole nitrogens is 1. The van der Waals surface area contributed by atoms with Crippen molar-refractivity contribution in [2.75, 3.05) is 5.32 Å². The minimum atomic E-state index is -0.498. The van der Waals surface area contributed by atoms with Gasteiger partial charge in [-0.15, -0.1) is 0 Å². The van der Waals surface area contributed by atoms with Crippen LogP contribution >= 0.6 is 11.6 Å². The van der Waals surface area contributed by atoms with Crippen LogP contribution in [0.5, 0.6) is 0 Å². The summed E-state index contributed by atoms with van der Waals surface area (Å²) in [5, 5.41) is 2.80. The standard InChI is InChI=1S/C10H7ClN4O2/c11-6-2-1-3-12-9(6)15-10(17)7-4-14-8(16)5-13-7/h1-5H,(H,14,16)(H,12,15,17). The van der Waals surface area contributed by atoms with E-state index in [1.54, 1.807) is 12.1 Å². The lowest BCUT2D eigenvalue weighted by Gasteiger charge is -2.04. The third kappa shape index (κ3) is 2.67. The van der Waals surface area contributed by atoms with E-state index < -0.39 is 5.91 Å². The van der Waals surface area contributed by atoms with Crippen LogP contribution in [0.4, 0.5) is 5.82 Å². The Morgan fingerprint density at radius 2 is 2.24 bits per heavy atom. The van der Waals surface area contributed by atoms with Crippen LogP contribution in [0.1, 0.15) is 10.5 Å². The Labute approximate surface area is 101 Å². The molecule has 0 radical (unpaired) electrons. The number of nitrogens with zero attached hydrogens (tertiary/aromatic N) is 2. The fraction of sp³-hybridized carbons (Fsp3) is 0. The van der Waals surface area contributed by atoms with Gasteiger partial charge in [0.1, 0.15) is 5.69 Å². The molecule has 2 rings (SSSR count). The highest BCUT2D eigenvalue weighted by Crippen LogP contribution is 2.17. The van der Waals surface area contributed by atoms with Crippen molar-refractivity contribution >= 4 is 23.3 Å². The van der Waals surface area contributed by atoms with Crippen LogP contribution in [0, 0.1) is 0 Å². The number of carbonyl (C=O) groups excluding carboxylic acids is 1. The number of anilines is 1. The van der Waals surface area contributed by atoms with Crippen LogP contribution in [0.3, 0.4) is 0 Å². The second kappa shape index (κ2) is 4.75. The molecule has 0 fully saturated rings. The van der Waals surface area contributed by atoms with E-state index in [1.165, 1.54) is 12.4 Å². The Morgan fingerprint density at radius 1 is 1.41 bits per heavy atom. The average molecular weight is 251 g/mol. The largest absolute Gasteiger partial charge is 0.325 e. The maximum atomic E-state index is 11.7. The topological polar surface area (TPSA) is 87.7 Å². The summed E-state index contributed by atoms with van der Waals surface area (Å²) in [7, 11) is 0. The van der Waals surface area contributed by atoms with Gasteiger partial charge in [0.2, 0.25) is 0 Å². The number of halogens is 1. The molecule has 0 saturated carbocycles. The predicted molar refractivity (Wildman–Crippen MR) is 62.1 cm³/mol. The number of nitrogens with one attached hydrogen (secondary N) is 2. The van der Waals surface area contributed by atoms with E-state index in [2.05, 4.69) is 20.3 Å². The highest BCUT2D eigenvalue weighted by atomic mass is 35.5. The summed E-state index contributed by atoms with van der Waals surface area (Å²) in [6, 6.07) is 3.25. The summed E-state index contributed by atoms with van der Waals surface area (Å²) in [4.78, 5) is 32.4. The molecule has 0 atom stereocenters. The summed E-state index contributed by atoms with van der Waals surface area (Å²) >= 11 is 5.83. The molecular formula is C10H7ClN4O2. The van der Waals surface area contributed by atoms with Crippen LogP contribution < -0.4 is 10.9 Å². The van der Waals surface area contributed by atoms with Crippen molar-refractivity contribution in [3.05, 3.63) is 51.8 Å². The molecule has 0 bridgehead atoms. The van der Waals surface area contributed by atoms with E-state index in [1.807, 2.05) is 0 Å². The number of aromatic amines is 1. The summed E-state index contributed by atoms with van der Waals surface area (Å²) in [5.74, 6) is -0.256. The Bertz CT molecular complexity index is 591. The maximum absolute atomic E-state index is 11.7. The fourth-order valence-corrected chi connectivity index (χ4v) is 1.28. The van der Waals surface area contributed by atoms with Gasteiger partial charge in [-0.2, -0.15) is 0 Å². The minimum absolute atomic E-state index is 0.0753. The highest BCUT2D eigenvalue weighted by Gasteiger charge is 2.10. The van der Waals surface area contributed by atoms with Crippen LogP contribution in [-0.2, 0) is 0 Å². The van der Waals surface area contributed by atoms with Crippen LogP contribution in [0.15, 0.2) is 35.5 Å². The molecule has 0 spiro atoms. The zero-order valence-corrected chi connectivity index (χ0v) is 9.23. The van der Waals surface area contributed by atoms with Gasteiger partial charge in [-0.3, -0.25) is 9.59 Å². The second-order valence-electron chi connectivity index (χ2n) is 3.08. The molecule has 0 aromatic carbocycles. The number of hydrogen-bond acceptors (Lipinski definition) is 4. The molecular weight excluding hydrogens is 244 g/mol. The maximum Gasteiger partial charge on any atom is 0.276 e. The van der Waals surface area contributed by atoms with Crippen molar-refractivity contribution in [2.24, 2.45) is 0 Å². The second-order valence-corrected chi connectivity index (χ2v) is 3.49. The Hall–Kier alpha value is -2.21. The number of amides is 1. The monoisotopic (exact) mass is 250 g/mol. The zero-order chi connectivity index (χ0) is 12.3. The molecule has 2 N–H and O–H groups in total. The molecule has 0 aliphatic rings. The molecule has 7 heteroatoms. The van der Waals surface area contributed by atoms with Gasteiger partial charge in [-0.25, -0.2) is 9.97 Å². The molecule has 86 valence electrons. The van der Waals surface area contributed by atoms with Crippen molar-refractivity contribution in [3.8, 4) is 0 Å². The van der Waals surface area contributed by atoms with Gasteiger partial charge in [0.25, 0.3) is 11.5 Å². The average Bonchev–Trinajstić information content (AvgIpc) is 2.33. The lowest BCUT2D eigenvalue weighted by atomic mass is 10.4. The molecule has 2 aromatic rings. The quantitative estimate of drug-likeness (QED) is 0.835. The van der Waals surface area contributed by atoms with Gasteiger partial charge in [-0.05, 0) is 12.1 Å². The van der Waals surface area contributed by atoms with E-state index in [9.17, 15) is 9.59 Å². The van der Waals surface area contributed by atoms with Gasteiger partial charge in [0.15, 0.2) is 5.82 Å². The van der Waals surface area contributed by atoms with Crippen LogP contribution in [0.25, 0.3) is 0 Å². The van der Waals surface area contributed by atoms with Crippen LogP contribution in [-0.4, -0.2) is 20.9 Å². The van der Waals surface area contributed by atoms with Gasteiger partial charge < -0.3 is 10.3 Å². The number of rotatable bonds is 2. The fourth-order valence-electron chi connectivity index (χ4n) is 1.12. The summed E-state index contributed by atoms with van der Waals surface area (Å²) in [5.41, 5.74) is -0.302. The summed E-state index contributed by atoms with van der Waals surface area (Å²) in [6.45, 7) is 0. The molecule has 2 aromatic heterocycles.